The number of hydrogen-bond donors (Lipinski definition) is 2. The highest BCUT2D eigenvalue weighted by Crippen LogP contribution is 2.50. The van der Waals surface area contributed by atoms with Gasteiger partial charge in [-0.05, 0) is 56.8 Å². The van der Waals surface area contributed by atoms with E-state index in [0.29, 0.717) is 24.7 Å². The maximum absolute atomic E-state index is 11.2. The fourth-order valence-electron chi connectivity index (χ4n) is 4.41. The Morgan fingerprint density at radius 1 is 1.41 bits per heavy atom. The van der Waals surface area contributed by atoms with Crippen LogP contribution >= 0.6 is 0 Å². The van der Waals surface area contributed by atoms with Gasteiger partial charge in [-0.15, -0.1) is 11.8 Å². The third kappa shape index (κ3) is 6.23. The highest BCUT2D eigenvalue weighted by Gasteiger charge is 2.44. The van der Waals surface area contributed by atoms with Crippen LogP contribution in [0.25, 0.3) is 0 Å². The summed E-state index contributed by atoms with van der Waals surface area (Å²) in [4.78, 5) is 11.2. The van der Waals surface area contributed by atoms with Crippen molar-refractivity contribution >= 4 is 5.97 Å². The second-order valence-electron chi connectivity index (χ2n) is 8.03. The number of carbonyl (C=O) groups excluding carboxylic acids is 1. The van der Waals surface area contributed by atoms with Crippen LogP contribution in [0, 0.1) is 35.5 Å². The topological polar surface area (TPSA) is 66.8 Å². The van der Waals surface area contributed by atoms with Crippen molar-refractivity contribution < 1.29 is 19.7 Å². The number of aliphatic hydroxyl groups excluding tert-OH is 2. The number of hydrogen-bond acceptors (Lipinski definition) is 4. The first kappa shape index (κ1) is 21.7. The molecule has 6 atom stereocenters. The van der Waals surface area contributed by atoms with Crippen molar-refractivity contribution in [2.24, 2.45) is 23.7 Å². The maximum atomic E-state index is 11.2. The number of rotatable bonds is 8. The van der Waals surface area contributed by atoms with Gasteiger partial charge in [-0.2, -0.15) is 0 Å². The summed E-state index contributed by atoms with van der Waals surface area (Å²) in [5.41, 5.74) is 1.45. The zero-order chi connectivity index (χ0) is 19.8. The number of carbonyl (C=O) groups is 1. The molecular weight excluding hydrogens is 340 g/mol. The van der Waals surface area contributed by atoms with E-state index >= 15 is 0 Å². The van der Waals surface area contributed by atoms with E-state index in [-0.39, 0.29) is 23.9 Å². The van der Waals surface area contributed by atoms with Gasteiger partial charge >= 0.3 is 5.97 Å². The molecule has 0 amide bonds. The fraction of sp³-hybridized carbons (Fsp3) is 0.696. The molecule has 2 fully saturated rings. The molecule has 0 aliphatic heterocycles. The predicted octanol–water partition coefficient (Wildman–Crippen LogP) is 3.63. The summed E-state index contributed by atoms with van der Waals surface area (Å²) in [6.45, 7) is 3.81. The quantitative estimate of drug-likeness (QED) is 0.295. The van der Waals surface area contributed by atoms with Crippen molar-refractivity contribution in [3.8, 4) is 11.8 Å². The summed E-state index contributed by atoms with van der Waals surface area (Å²) in [6, 6.07) is 0. The van der Waals surface area contributed by atoms with E-state index in [4.69, 9.17) is 0 Å². The summed E-state index contributed by atoms with van der Waals surface area (Å²) >= 11 is 0. The van der Waals surface area contributed by atoms with Crippen LogP contribution in [-0.4, -0.2) is 35.5 Å². The molecule has 0 spiro atoms. The predicted molar refractivity (Wildman–Crippen MR) is 107 cm³/mol. The van der Waals surface area contributed by atoms with Gasteiger partial charge in [0.1, 0.15) is 0 Å². The molecule has 0 saturated heterocycles. The number of unbranched alkanes of at least 4 members (excludes halogenated alkanes) is 1. The molecular formula is C23H34O4. The van der Waals surface area contributed by atoms with Gasteiger partial charge in [0.05, 0.1) is 19.3 Å². The summed E-state index contributed by atoms with van der Waals surface area (Å²) in [6.07, 6.45) is 11.1. The smallest absolute Gasteiger partial charge is 0.305 e. The molecule has 4 heteroatoms. The van der Waals surface area contributed by atoms with Gasteiger partial charge in [0.15, 0.2) is 0 Å². The molecule has 2 saturated carbocycles. The minimum Gasteiger partial charge on any atom is -0.469 e. The highest BCUT2D eigenvalue weighted by atomic mass is 16.5. The molecule has 2 aliphatic carbocycles. The van der Waals surface area contributed by atoms with Gasteiger partial charge in [0.25, 0.3) is 0 Å². The van der Waals surface area contributed by atoms with Crippen molar-refractivity contribution in [2.75, 3.05) is 7.11 Å². The molecule has 2 rings (SSSR count). The van der Waals surface area contributed by atoms with Gasteiger partial charge in [-0.25, -0.2) is 0 Å². The zero-order valence-electron chi connectivity index (χ0n) is 16.9. The fourth-order valence-corrected chi connectivity index (χ4v) is 4.41. The molecule has 0 aromatic heterocycles. The van der Waals surface area contributed by atoms with Crippen molar-refractivity contribution in [3.05, 3.63) is 23.8 Å². The number of esters is 1. The van der Waals surface area contributed by atoms with Crippen LogP contribution in [0.15, 0.2) is 23.8 Å². The Hall–Kier alpha value is -1.57. The maximum Gasteiger partial charge on any atom is 0.305 e. The van der Waals surface area contributed by atoms with Crippen LogP contribution in [-0.2, 0) is 9.53 Å². The Balaban J connectivity index is 1.87. The first-order valence-corrected chi connectivity index (χ1v) is 10.1. The van der Waals surface area contributed by atoms with E-state index in [1.54, 1.807) is 0 Å². The highest BCUT2D eigenvalue weighted by molar-refractivity contribution is 5.69. The Bertz CT molecular complexity index is 610. The first-order chi connectivity index (χ1) is 13.0. The molecule has 4 nitrogen and oxygen atoms in total. The van der Waals surface area contributed by atoms with E-state index in [2.05, 4.69) is 22.7 Å². The summed E-state index contributed by atoms with van der Waals surface area (Å²) in [7, 11) is 1.42. The lowest BCUT2D eigenvalue weighted by atomic mass is 9.89. The third-order valence-electron chi connectivity index (χ3n) is 6.07. The minimum absolute atomic E-state index is 0.0943. The van der Waals surface area contributed by atoms with Crippen molar-refractivity contribution in [2.45, 2.75) is 71.0 Å². The van der Waals surface area contributed by atoms with Crippen LogP contribution in [0.4, 0.5) is 0 Å². The molecule has 0 radical (unpaired) electrons. The second-order valence-corrected chi connectivity index (χ2v) is 8.03. The monoisotopic (exact) mass is 374 g/mol. The average molecular weight is 375 g/mol. The first-order valence-electron chi connectivity index (χ1n) is 10.1. The molecule has 2 N–H and O–H groups in total. The number of allylic oxidation sites excluding steroid dienone is 2. The molecule has 0 unspecified atom stereocenters. The van der Waals surface area contributed by atoms with E-state index in [1.807, 2.05) is 26.0 Å². The molecule has 2 aliphatic rings. The van der Waals surface area contributed by atoms with Gasteiger partial charge in [0.2, 0.25) is 0 Å². The van der Waals surface area contributed by atoms with Gasteiger partial charge in [-0.3, -0.25) is 4.79 Å². The molecule has 0 heterocycles. The van der Waals surface area contributed by atoms with Gasteiger partial charge < -0.3 is 14.9 Å². The third-order valence-corrected chi connectivity index (χ3v) is 6.07. The van der Waals surface area contributed by atoms with Crippen LogP contribution in [0.5, 0.6) is 0 Å². The Labute approximate surface area is 163 Å². The normalized spacial score (nSPS) is 30.8. The zero-order valence-corrected chi connectivity index (χ0v) is 16.9. The summed E-state index contributed by atoms with van der Waals surface area (Å²) < 4.78 is 4.67. The van der Waals surface area contributed by atoms with Crippen molar-refractivity contribution in [1.29, 1.82) is 0 Å². The number of fused-ring (bicyclic) bond motifs is 1. The van der Waals surface area contributed by atoms with E-state index in [1.165, 1.54) is 12.7 Å². The molecule has 0 aromatic rings. The van der Waals surface area contributed by atoms with Gasteiger partial charge in [-0.1, -0.05) is 30.7 Å². The van der Waals surface area contributed by atoms with Crippen LogP contribution < -0.4 is 0 Å². The lowest BCUT2D eigenvalue weighted by Gasteiger charge is -2.19. The van der Waals surface area contributed by atoms with Crippen LogP contribution in [0.2, 0.25) is 0 Å². The molecule has 0 aromatic carbocycles. The lowest BCUT2D eigenvalue weighted by Crippen LogP contribution is -2.19. The minimum atomic E-state index is -0.521. The lowest BCUT2D eigenvalue weighted by molar-refractivity contribution is -0.140. The van der Waals surface area contributed by atoms with Gasteiger partial charge in [0, 0.05) is 18.8 Å². The van der Waals surface area contributed by atoms with Crippen LogP contribution in [0.3, 0.4) is 0 Å². The largest absolute Gasteiger partial charge is 0.469 e. The van der Waals surface area contributed by atoms with E-state index in [0.717, 1.165) is 32.1 Å². The number of ether oxygens (including phenoxy) is 1. The Kier molecular flexibility index (Phi) is 8.60. The standard InChI is InChI=1S/C23H34O4/c1-4-5-8-16(2)21(24)12-11-19-20-14-17(13-18(20)15-22(19)25)9-6-7-10-23(26)27-3/h9,11-12,16,18-22,24-25H,6-8,10,13-15H2,1-3H3/b12-11+,17-9?/t16-,18-,19+,20-,21+,22+/m0/s1. The number of aliphatic hydroxyl groups is 2. The summed E-state index contributed by atoms with van der Waals surface area (Å²) in [5.74, 6) is 6.93. The Morgan fingerprint density at radius 2 is 2.19 bits per heavy atom. The van der Waals surface area contributed by atoms with Crippen LogP contribution in [0.1, 0.15) is 58.8 Å². The SMILES string of the molecule is CC#CC[C@H](C)[C@H](O)/C=C/[C@@H]1[C@H]2CC(=CCCCC(=O)OC)C[C@H]2C[C@H]1O. The Morgan fingerprint density at radius 3 is 2.89 bits per heavy atom. The molecule has 0 bridgehead atoms. The average Bonchev–Trinajstić information content (AvgIpc) is 3.17. The second kappa shape index (κ2) is 10.7. The van der Waals surface area contributed by atoms with E-state index < -0.39 is 6.10 Å². The summed E-state index contributed by atoms with van der Waals surface area (Å²) in [5, 5.41) is 20.8. The van der Waals surface area contributed by atoms with Crippen molar-refractivity contribution in [3.63, 3.8) is 0 Å². The van der Waals surface area contributed by atoms with Crippen molar-refractivity contribution in [1.82, 2.24) is 0 Å². The number of methoxy groups -OCH3 is 1. The molecule has 150 valence electrons. The molecule has 27 heavy (non-hydrogen) atoms. The van der Waals surface area contributed by atoms with E-state index in [9.17, 15) is 15.0 Å².